The molecule has 0 aliphatic heterocycles. The maximum Gasteiger partial charge on any atom is 0.344 e. The van der Waals surface area contributed by atoms with E-state index in [4.69, 9.17) is 9.47 Å². The van der Waals surface area contributed by atoms with Crippen molar-refractivity contribution < 1.29 is 23.9 Å². The first kappa shape index (κ1) is 18.2. The van der Waals surface area contributed by atoms with E-state index in [2.05, 4.69) is 5.32 Å². The Morgan fingerprint density at radius 1 is 1.14 bits per heavy atom. The van der Waals surface area contributed by atoms with Gasteiger partial charge in [-0.1, -0.05) is 0 Å². The lowest BCUT2D eigenvalue weighted by Crippen LogP contribution is -2.62. The van der Waals surface area contributed by atoms with Crippen LogP contribution in [0.2, 0.25) is 0 Å². The molecule has 0 saturated carbocycles. The van der Waals surface area contributed by atoms with Crippen molar-refractivity contribution in [1.82, 2.24) is 5.32 Å². The molecule has 7 heteroatoms. The molecule has 0 bridgehead atoms. The highest BCUT2D eigenvalue weighted by Crippen LogP contribution is 2.24. The molecule has 0 fully saturated rings. The van der Waals surface area contributed by atoms with Gasteiger partial charge in [-0.25, -0.2) is 9.59 Å². The van der Waals surface area contributed by atoms with E-state index in [-0.39, 0.29) is 19.6 Å². The molecule has 1 N–H and O–H groups in total. The standard InChI is InChI=1S/C15H21NO5S/c1-5-20-13(18)15(16-11(4)17,14(19)21-6-2)9-12-8-7-10(3)22-12/h7-8H,5-6,9H2,1-4H3,(H,16,17). The number of esters is 2. The fraction of sp³-hybridized carbons (Fsp3) is 0.533. The Kier molecular flexibility index (Phi) is 6.55. The molecule has 0 atom stereocenters. The summed E-state index contributed by atoms with van der Waals surface area (Å²) in [6.45, 7) is 6.63. The number of nitrogens with one attached hydrogen (secondary N) is 1. The quantitative estimate of drug-likeness (QED) is 0.608. The number of hydrogen-bond acceptors (Lipinski definition) is 6. The van der Waals surface area contributed by atoms with Crippen molar-refractivity contribution in [3.8, 4) is 0 Å². The lowest BCUT2D eigenvalue weighted by atomic mass is 9.94. The van der Waals surface area contributed by atoms with Gasteiger partial charge in [0.2, 0.25) is 11.4 Å². The number of hydrogen-bond donors (Lipinski definition) is 1. The first-order valence-corrected chi connectivity index (χ1v) is 7.85. The van der Waals surface area contributed by atoms with Crippen LogP contribution >= 0.6 is 11.3 Å². The van der Waals surface area contributed by atoms with Gasteiger partial charge in [-0.05, 0) is 32.9 Å². The summed E-state index contributed by atoms with van der Waals surface area (Å²) in [5.74, 6) is -2.13. The Morgan fingerprint density at radius 3 is 2.05 bits per heavy atom. The van der Waals surface area contributed by atoms with Gasteiger partial charge < -0.3 is 14.8 Å². The monoisotopic (exact) mass is 327 g/mol. The normalized spacial score (nSPS) is 10.9. The highest BCUT2D eigenvalue weighted by atomic mass is 32.1. The molecule has 1 heterocycles. The Morgan fingerprint density at radius 2 is 1.68 bits per heavy atom. The van der Waals surface area contributed by atoms with E-state index >= 15 is 0 Å². The molecule has 0 radical (unpaired) electrons. The highest BCUT2D eigenvalue weighted by Gasteiger charge is 2.50. The molecule has 1 amide bonds. The topological polar surface area (TPSA) is 81.7 Å². The molecule has 0 aliphatic carbocycles. The van der Waals surface area contributed by atoms with Crippen LogP contribution in [0.15, 0.2) is 12.1 Å². The van der Waals surface area contributed by atoms with Crippen molar-refractivity contribution in [2.45, 2.75) is 39.7 Å². The van der Waals surface area contributed by atoms with Crippen LogP contribution in [0, 0.1) is 6.92 Å². The number of ether oxygens (including phenoxy) is 2. The van der Waals surface area contributed by atoms with E-state index in [0.29, 0.717) is 0 Å². The predicted octanol–water partition coefficient (Wildman–Crippen LogP) is 1.60. The zero-order valence-corrected chi connectivity index (χ0v) is 14.0. The Labute approximate surface area is 133 Å². The van der Waals surface area contributed by atoms with Crippen molar-refractivity contribution in [1.29, 1.82) is 0 Å². The zero-order chi connectivity index (χ0) is 16.8. The third-order valence-corrected chi connectivity index (χ3v) is 3.87. The van der Waals surface area contributed by atoms with Crippen LogP contribution in [0.3, 0.4) is 0 Å². The fourth-order valence-electron chi connectivity index (χ4n) is 2.02. The molecule has 0 aliphatic rings. The van der Waals surface area contributed by atoms with E-state index < -0.39 is 23.4 Å². The van der Waals surface area contributed by atoms with E-state index in [1.807, 2.05) is 19.1 Å². The van der Waals surface area contributed by atoms with Crippen LogP contribution in [0.4, 0.5) is 0 Å². The largest absolute Gasteiger partial charge is 0.464 e. The minimum absolute atomic E-state index is 0.00273. The average Bonchev–Trinajstić information content (AvgIpc) is 2.83. The number of rotatable bonds is 7. The number of carbonyl (C=O) groups is 3. The second-order valence-corrected chi connectivity index (χ2v) is 6.09. The summed E-state index contributed by atoms with van der Waals surface area (Å²) in [5, 5.41) is 2.44. The molecule has 1 rings (SSSR count). The lowest BCUT2D eigenvalue weighted by molar-refractivity contribution is -0.167. The van der Waals surface area contributed by atoms with Crippen molar-refractivity contribution in [2.75, 3.05) is 13.2 Å². The van der Waals surface area contributed by atoms with Crippen LogP contribution in [0.25, 0.3) is 0 Å². The molecular formula is C15H21NO5S. The summed E-state index contributed by atoms with van der Waals surface area (Å²) >= 11 is 1.45. The van der Waals surface area contributed by atoms with Crippen molar-refractivity contribution >= 4 is 29.2 Å². The van der Waals surface area contributed by atoms with E-state index in [1.165, 1.54) is 18.3 Å². The maximum absolute atomic E-state index is 12.4. The van der Waals surface area contributed by atoms with Crippen LogP contribution in [-0.2, 0) is 30.3 Å². The van der Waals surface area contributed by atoms with Crippen molar-refractivity contribution in [3.63, 3.8) is 0 Å². The first-order chi connectivity index (χ1) is 10.4. The number of thiophene rings is 1. The molecule has 0 unspecified atom stereocenters. The summed E-state index contributed by atoms with van der Waals surface area (Å²) in [6.07, 6.45) is 0.00273. The van der Waals surface area contributed by atoms with E-state index in [0.717, 1.165) is 9.75 Å². The number of carbonyl (C=O) groups excluding carboxylic acids is 3. The van der Waals surface area contributed by atoms with Crippen molar-refractivity contribution in [3.05, 3.63) is 21.9 Å². The third-order valence-electron chi connectivity index (χ3n) is 2.87. The van der Waals surface area contributed by atoms with Gasteiger partial charge in [0.05, 0.1) is 13.2 Å². The number of aryl methyl sites for hydroxylation is 1. The van der Waals surface area contributed by atoms with Gasteiger partial charge >= 0.3 is 11.9 Å². The summed E-state index contributed by atoms with van der Waals surface area (Å²) < 4.78 is 10.0. The summed E-state index contributed by atoms with van der Waals surface area (Å²) in [6, 6.07) is 3.70. The molecule has 1 aromatic rings. The Hall–Kier alpha value is -1.89. The molecular weight excluding hydrogens is 306 g/mol. The predicted molar refractivity (Wildman–Crippen MR) is 82.6 cm³/mol. The molecule has 6 nitrogen and oxygen atoms in total. The van der Waals surface area contributed by atoms with Crippen LogP contribution in [0.5, 0.6) is 0 Å². The van der Waals surface area contributed by atoms with Crippen LogP contribution < -0.4 is 5.32 Å². The van der Waals surface area contributed by atoms with E-state index in [9.17, 15) is 14.4 Å². The van der Waals surface area contributed by atoms with Crippen molar-refractivity contribution in [2.24, 2.45) is 0 Å². The maximum atomic E-state index is 12.4. The van der Waals surface area contributed by atoms with Gasteiger partial charge in [-0.15, -0.1) is 11.3 Å². The minimum atomic E-state index is -1.85. The van der Waals surface area contributed by atoms with Gasteiger partial charge in [-0.3, -0.25) is 4.79 Å². The minimum Gasteiger partial charge on any atom is -0.464 e. The van der Waals surface area contributed by atoms with Gasteiger partial charge in [0.1, 0.15) is 0 Å². The average molecular weight is 327 g/mol. The van der Waals surface area contributed by atoms with Crippen LogP contribution in [-0.4, -0.2) is 36.6 Å². The lowest BCUT2D eigenvalue weighted by Gasteiger charge is -2.29. The first-order valence-electron chi connectivity index (χ1n) is 7.04. The highest BCUT2D eigenvalue weighted by molar-refractivity contribution is 7.11. The SMILES string of the molecule is CCOC(=O)C(Cc1ccc(C)s1)(NC(C)=O)C(=O)OCC. The molecule has 0 spiro atoms. The zero-order valence-electron chi connectivity index (χ0n) is 13.2. The molecule has 1 aromatic heterocycles. The van der Waals surface area contributed by atoms with Gasteiger partial charge in [0, 0.05) is 23.1 Å². The fourth-order valence-corrected chi connectivity index (χ4v) is 3.00. The summed E-state index contributed by atoms with van der Waals surface area (Å²) in [5.41, 5.74) is -1.85. The number of amides is 1. The summed E-state index contributed by atoms with van der Waals surface area (Å²) in [4.78, 5) is 38.2. The third kappa shape index (κ3) is 4.30. The molecule has 122 valence electrons. The van der Waals surface area contributed by atoms with Gasteiger partial charge in [0.15, 0.2) is 0 Å². The molecule has 0 aromatic carbocycles. The second kappa shape index (κ2) is 7.93. The molecule has 22 heavy (non-hydrogen) atoms. The smallest absolute Gasteiger partial charge is 0.344 e. The molecule has 0 saturated heterocycles. The van der Waals surface area contributed by atoms with E-state index in [1.54, 1.807) is 13.8 Å². The van der Waals surface area contributed by atoms with Gasteiger partial charge in [-0.2, -0.15) is 0 Å². The Bertz CT molecular complexity index is 534. The van der Waals surface area contributed by atoms with Crippen LogP contribution in [0.1, 0.15) is 30.5 Å². The Balaban J connectivity index is 3.25. The van der Waals surface area contributed by atoms with Gasteiger partial charge in [0.25, 0.3) is 0 Å². The second-order valence-electron chi connectivity index (χ2n) is 4.72. The summed E-state index contributed by atoms with van der Waals surface area (Å²) in [7, 11) is 0.